The lowest BCUT2D eigenvalue weighted by Crippen LogP contribution is -2.10. The van der Waals surface area contributed by atoms with E-state index in [2.05, 4.69) is 4.98 Å². The number of nitriles is 1. The van der Waals surface area contributed by atoms with Gasteiger partial charge < -0.3 is 4.74 Å². The number of carbonyl (C=O) groups excluding carboxylic acids is 1. The average Bonchev–Trinajstić information content (AvgIpc) is 2.70. The van der Waals surface area contributed by atoms with E-state index in [4.69, 9.17) is 44.8 Å². The van der Waals surface area contributed by atoms with Crippen LogP contribution in [0, 0.1) is 24.1 Å². The number of fused-ring (bicyclic) bond motifs is 1. The highest BCUT2D eigenvalue weighted by Crippen LogP contribution is 2.41. The molecule has 0 saturated carbocycles. The van der Waals surface area contributed by atoms with Crippen molar-refractivity contribution < 1.29 is 13.9 Å². The predicted molar refractivity (Wildman–Crippen MR) is 118 cm³/mol. The Labute approximate surface area is 187 Å². The zero-order chi connectivity index (χ0) is 22.0. The van der Waals surface area contributed by atoms with Crippen LogP contribution in [-0.4, -0.2) is 17.6 Å². The number of benzene rings is 2. The Balaban J connectivity index is 2.44. The molecule has 0 atom stereocenters. The van der Waals surface area contributed by atoms with E-state index in [0.29, 0.717) is 11.1 Å². The summed E-state index contributed by atoms with van der Waals surface area (Å²) >= 11 is 18.9. The first-order valence-corrected chi connectivity index (χ1v) is 9.95. The second-order valence-corrected chi connectivity index (χ2v) is 7.38. The van der Waals surface area contributed by atoms with Crippen molar-refractivity contribution in [3.05, 3.63) is 68.0 Å². The molecular formula is C22H14Cl3FN2O2. The number of aromatic nitrogens is 1. The summed E-state index contributed by atoms with van der Waals surface area (Å²) in [4.78, 5) is 16.6. The van der Waals surface area contributed by atoms with Crippen LogP contribution < -0.4 is 0 Å². The molecule has 0 bridgehead atoms. The molecule has 0 aliphatic carbocycles. The molecule has 0 spiro atoms. The van der Waals surface area contributed by atoms with Crippen molar-refractivity contribution in [2.24, 2.45) is 0 Å². The number of hydrogen-bond donors (Lipinski definition) is 0. The third-order valence-electron chi connectivity index (χ3n) is 4.41. The van der Waals surface area contributed by atoms with Crippen molar-refractivity contribution in [2.45, 2.75) is 13.8 Å². The van der Waals surface area contributed by atoms with Crippen LogP contribution in [0.15, 0.2) is 30.3 Å². The Morgan fingerprint density at radius 3 is 2.70 bits per heavy atom. The first kappa shape index (κ1) is 22.0. The zero-order valence-corrected chi connectivity index (χ0v) is 18.2. The van der Waals surface area contributed by atoms with Crippen LogP contribution >= 0.6 is 34.8 Å². The van der Waals surface area contributed by atoms with E-state index in [1.54, 1.807) is 38.1 Å². The number of ether oxygens (including phenoxy) is 1. The van der Waals surface area contributed by atoms with Crippen LogP contribution in [0.4, 0.5) is 4.39 Å². The van der Waals surface area contributed by atoms with Crippen molar-refractivity contribution in [1.29, 1.82) is 5.26 Å². The van der Waals surface area contributed by atoms with Gasteiger partial charge in [0.05, 0.1) is 33.4 Å². The third-order valence-corrected chi connectivity index (χ3v) is 5.62. The Bertz CT molecular complexity index is 1250. The van der Waals surface area contributed by atoms with Crippen molar-refractivity contribution in [1.82, 2.24) is 4.98 Å². The van der Waals surface area contributed by atoms with Gasteiger partial charge in [-0.05, 0) is 37.6 Å². The molecule has 2 aromatic carbocycles. The van der Waals surface area contributed by atoms with E-state index < -0.39 is 11.8 Å². The van der Waals surface area contributed by atoms with Gasteiger partial charge in [0.2, 0.25) is 0 Å². The number of rotatable bonds is 4. The number of hydrogen-bond acceptors (Lipinski definition) is 4. The lowest BCUT2D eigenvalue weighted by Gasteiger charge is -2.16. The van der Waals surface area contributed by atoms with E-state index in [9.17, 15) is 4.79 Å². The summed E-state index contributed by atoms with van der Waals surface area (Å²) in [6.07, 6.45) is 2.62. The first-order chi connectivity index (χ1) is 14.3. The number of esters is 1. The fourth-order valence-electron chi connectivity index (χ4n) is 3.12. The third kappa shape index (κ3) is 3.87. The second-order valence-electron chi connectivity index (χ2n) is 6.22. The van der Waals surface area contributed by atoms with Crippen molar-refractivity contribution >= 4 is 57.8 Å². The number of carbonyl (C=O) groups is 1. The molecule has 0 N–H and O–H groups in total. The minimum Gasteiger partial charge on any atom is -0.462 e. The van der Waals surface area contributed by atoms with Gasteiger partial charge in [-0.2, -0.15) is 5.26 Å². The number of halogens is 4. The summed E-state index contributed by atoms with van der Waals surface area (Å²) < 4.78 is 20.8. The second kappa shape index (κ2) is 9.01. The predicted octanol–water partition coefficient (Wildman–Crippen LogP) is 7.02. The van der Waals surface area contributed by atoms with E-state index >= 15 is 4.39 Å². The largest absolute Gasteiger partial charge is 0.462 e. The van der Waals surface area contributed by atoms with Crippen LogP contribution in [-0.2, 0) is 4.74 Å². The molecule has 0 aliphatic rings. The van der Waals surface area contributed by atoms with Crippen LogP contribution in [0.2, 0.25) is 15.1 Å². The highest BCUT2D eigenvalue weighted by Gasteiger charge is 2.24. The molecule has 0 amide bonds. The van der Waals surface area contributed by atoms with Crippen molar-refractivity contribution in [3.8, 4) is 17.2 Å². The number of allylic oxidation sites excluding steroid dienone is 1. The molecule has 8 heteroatoms. The first-order valence-electron chi connectivity index (χ1n) is 8.81. The van der Waals surface area contributed by atoms with Gasteiger partial charge in [-0.3, -0.25) is 0 Å². The fourth-order valence-corrected chi connectivity index (χ4v) is 3.88. The SMILES string of the molecule is CCOC(=O)c1c(C)nc2c(F)c(-c3cccc(Cl)c3Cl)c(/C=C/C#N)cc2c1Cl. The molecule has 4 nitrogen and oxygen atoms in total. The Morgan fingerprint density at radius 2 is 2.03 bits per heavy atom. The maximum atomic E-state index is 15.7. The summed E-state index contributed by atoms with van der Waals surface area (Å²) in [6.45, 7) is 3.37. The summed E-state index contributed by atoms with van der Waals surface area (Å²) in [7, 11) is 0. The van der Waals surface area contributed by atoms with Gasteiger partial charge in [0.25, 0.3) is 0 Å². The average molecular weight is 464 g/mol. The zero-order valence-electron chi connectivity index (χ0n) is 15.9. The Kier molecular flexibility index (Phi) is 6.62. The highest BCUT2D eigenvalue weighted by atomic mass is 35.5. The normalized spacial score (nSPS) is 11.1. The molecule has 152 valence electrons. The topological polar surface area (TPSA) is 63.0 Å². The quantitative estimate of drug-likeness (QED) is 0.308. The molecule has 0 saturated heterocycles. The van der Waals surface area contributed by atoms with Crippen LogP contribution in [0.1, 0.15) is 28.5 Å². The molecule has 3 aromatic rings. The van der Waals surface area contributed by atoms with Crippen molar-refractivity contribution in [2.75, 3.05) is 6.61 Å². The fraction of sp³-hybridized carbons (Fsp3) is 0.136. The maximum absolute atomic E-state index is 15.7. The molecule has 0 radical (unpaired) electrons. The molecule has 3 rings (SSSR count). The standard InChI is InChI=1S/C22H14Cl3FN2O2/c1-3-30-22(29)16-11(2)28-21-14(19(16)25)10-12(6-5-9-27)17(20(21)26)13-7-4-8-15(23)18(13)24/h4-8,10H,3H2,1-2H3/b6-5+. The minimum atomic E-state index is -0.699. The van der Waals surface area contributed by atoms with Gasteiger partial charge in [-0.25, -0.2) is 14.2 Å². The minimum absolute atomic E-state index is 0.0187. The maximum Gasteiger partial charge on any atom is 0.341 e. The lowest BCUT2D eigenvalue weighted by atomic mass is 9.95. The summed E-state index contributed by atoms with van der Waals surface area (Å²) in [5.41, 5.74) is 1.04. The highest BCUT2D eigenvalue weighted by molar-refractivity contribution is 6.44. The summed E-state index contributed by atoms with van der Waals surface area (Å²) in [5.74, 6) is -1.35. The Hall–Kier alpha value is -2.65. The van der Waals surface area contributed by atoms with Crippen molar-refractivity contribution in [3.63, 3.8) is 0 Å². The number of aryl methyl sites for hydroxylation is 1. The molecule has 30 heavy (non-hydrogen) atoms. The van der Waals surface area contributed by atoms with Gasteiger partial charge in [-0.15, -0.1) is 0 Å². The van der Waals surface area contributed by atoms with Gasteiger partial charge in [0, 0.05) is 22.6 Å². The van der Waals surface area contributed by atoms with Gasteiger partial charge >= 0.3 is 5.97 Å². The van der Waals surface area contributed by atoms with Crippen LogP contribution in [0.25, 0.3) is 28.1 Å². The molecule has 1 heterocycles. The number of nitrogens with zero attached hydrogens (tertiary/aromatic N) is 2. The summed E-state index contributed by atoms with van der Waals surface area (Å²) in [6, 6.07) is 8.26. The monoisotopic (exact) mass is 462 g/mol. The van der Waals surface area contributed by atoms with Gasteiger partial charge in [0.15, 0.2) is 5.82 Å². The van der Waals surface area contributed by atoms with E-state index in [1.807, 2.05) is 6.07 Å². The van der Waals surface area contributed by atoms with E-state index in [1.165, 1.54) is 12.2 Å². The van der Waals surface area contributed by atoms with Crippen LogP contribution in [0.3, 0.4) is 0 Å². The number of pyridine rings is 1. The smallest absolute Gasteiger partial charge is 0.341 e. The van der Waals surface area contributed by atoms with Gasteiger partial charge in [0.1, 0.15) is 11.1 Å². The Morgan fingerprint density at radius 1 is 1.30 bits per heavy atom. The van der Waals surface area contributed by atoms with Gasteiger partial charge in [-0.1, -0.05) is 46.9 Å². The molecule has 1 aromatic heterocycles. The van der Waals surface area contributed by atoms with E-state index in [0.717, 1.165) is 0 Å². The molecule has 0 aliphatic heterocycles. The van der Waals surface area contributed by atoms with Crippen LogP contribution in [0.5, 0.6) is 0 Å². The van der Waals surface area contributed by atoms with E-state index in [-0.39, 0.29) is 49.4 Å². The molecule has 0 unspecified atom stereocenters. The molecular weight excluding hydrogens is 450 g/mol. The molecule has 0 fully saturated rings. The summed E-state index contributed by atoms with van der Waals surface area (Å²) in [5, 5.41) is 9.60. The lowest BCUT2D eigenvalue weighted by molar-refractivity contribution is 0.0525.